The Morgan fingerprint density at radius 1 is 1.47 bits per heavy atom. The predicted molar refractivity (Wildman–Crippen MR) is 57.4 cm³/mol. The van der Waals surface area contributed by atoms with Gasteiger partial charge in [-0.15, -0.1) is 0 Å². The Hall–Kier alpha value is -1.82. The zero-order chi connectivity index (χ0) is 11.5. The number of methoxy groups -OCH3 is 1. The van der Waals surface area contributed by atoms with E-state index in [2.05, 4.69) is 9.58 Å². The molecule has 0 atom stereocenters. The second-order valence-corrected chi connectivity index (χ2v) is 3.74. The summed E-state index contributed by atoms with van der Waals surface area (Å²) in [6, 6.07) is 6.97. The van der Waals surface area contributed by atoms with Crippen molar-refractivity contribution in [3.05, 3.63) is 46.8 Å². The molecule has 0 saturated heterocycles. The van der Waals surface area contributed by atoms with Crippen molar-refractivity contribution in [1.29, 1.82) is 0 Å². The molecule has 3 heteroatoms. The van der Waals surface area contributed by atoms with Crippen molar-refractivity contribution in [3.8, 4) is 0 Å². The molecule has 0 aliphatic rings. The molecule has 3 nitrogen and oxygen atoms in total. The van der Waals surface area contributed by atoms with E-state index in [0.717, 1.165) is 5.56 Å². The van der Waals surface area contributed by atoms with E-state index in [1.165, 1.54) is 7.11 Å². The minimum absolute atomic E-state index is 0.377. The van der Waals surface area contributed by atoms with Gasteiger partial charge in [-0.1, -0.05) is 12.1 Å². The van der Waals surface area contributed by atoms with Crippen molar-refractivity contribution in [1.82, 2.24) is 0 Å². The first-order chi connectivity index (χ1) is 7.01. The third kappa shape index (κ3) is 2.35. The van der Waals surface area contributed by atoms with Crippen LogP contribution in [0.5, 0.6) is 0 Å². The average Bonchev–Trinajstić information content (AvgIpc) is 2.28. The summed E-state index contributed by atoms with van der Waals surface area (Å²) >= 11 is 0. The topological polar surface area (TPSA) is 30.7 Å². The van der Waals surface area contributed by atoms with Crippen LogP contribution in [0.2, 0.25) is 0 Å². The Kier molecular flexibility index (Phi) is 3.11. The van der Waals surface area contributed by atoms with E-state index in [-0.39, 0.29) is 5.97 Å². The van der Waals surface area contributed by atoms with Gasteiger partial charge in [0.25, 0.3) is 5.54 Å². The number of esters is 1. The van der Waals surface area contributed by atoms with Gasteiger partial charge in [-0.25, -0.2) is 11.4 Å². The molecule has 78 valence electrons. The summed E-state index contributed by atoms with van der Waals surface area (Å²) in [5.74, 6) is -0.377. The van der Waals surface area contributed by atoms with Gasteiger partial charge < -0.3 is 9.58 Å². The normalized spacial score (nSPS) is 10.5. The van der Waals surface area contributed by atoms with Crippen molar-refractivity contribution in [3.63, 3.8) is 0 Å². The van der Waals surface area contributed by atoms with Gasteiger partial charge in [0.15, 0.2) is 0 Å². The number of ether oxygens (including phenoxy) is 1. The largest absolute Gasteiger partial charge is 0.465 e. The summed E-state index contributed by atoms with van der Waals surface area (Å²) < 4.78 is 4.62. The second kappa shape index (κ2) is 4.14. The van der Waals surface area contributed by atoms with Crippen LogP contribution in [0.1, 0.15) is 29.8 Å². The van der Waals surface area contributed by atoms with Gasteiger partial charge in [0.05, 0.1) is 12.7 Å². The highest BCUT2D eigenvalue weighted by atomic mass is 16.5. The van der Waals surface area contributed by atoms with Gasteiger partial charge in [0.1, 0.15) is 0 Å². The minimum Gasteiger partial charge on any atom is -0.465 e. The van der Waals surface area contributed by atoms with Gasteiger partial charge in [0.2, 0.25) is 0 Å². The summed E-state index contributed by atoms with van der Waals surface area (Å²) in [4.78, 5) is 14.8. The standard InChI is InChI=1S/C12H13NO2/c1-12(2,13-3)10-7-5-6-9(8-10)11(14)15-4/h5-8H,1-2,4H3. The Balaban J connectivity index is 3.15. The zero-order valence-electron chi connectivity index (χ0n) is 9.07. The lowest BCUT2D eigenvalue weighted by Gasteiger charge is -2.12. The molecular formula is C12H13NO2. The van der Waals surface area contributed by atoms with Gasteiger partial charge in [-0.05, 0) is 12.1 Å². The maximum Gasteiger partial charge on any atom is 0.337 e. The Bertz CT molecular complexity index is 416. The van der Waals surface area contributed by atoms with E-state index in [1.807, 2.05) is 19.9 Å². The fourth-order valence-electron chi connectivity index (χ4n) is 1.21. The van der Waals surface area contributed by atoms with Crippen LogP contribution < -0.4 is 0 Å². The molecular weight excluding hydrogens is 190 g/mol. The van der Waals surface area contributed by atoms with Crippen LogP contribution in [-0.4, -0.2) is 13.1 Å². The smallest absolute Gasteiger partial charge is 0.337 e. The summed E-state index contributed by atoms with van der Waals surface area (Å²) in [5, 5.41) is 0. The maximum atomic E-state index is 11.3. The van der Waals surface area contributed by atoms with Crippen LogP contribution in [0.4, 0.5) is 0 Å². The molecule has 0 heterocycles. The van der Waals surface area contributed by atoms with E-state index >= 15 is 0 Å². The molecule has 0 fully saturated rings. The van der Waals surface area contributed by atoms with Crippen LogP contribution >= 0.6 is 0 Å². The third-order valence-corrected chi connectivity index (χ3v) is 2.27. The summed E-state index contributed by atoms with van der Waals surface area (Å²) in [6.45, 7) is 10.7. The van der Waals surface area contributed by atoms with Gasteiger partial charge in [-0.2, -0.15) is 0 Å². The molecule has 1 rings (SSSR count). The lowest BCUT2D eigenvalue weighted by Crippen LogP contribution is -2.12. The highest BCUT2D eigenvalue weighted by molar-refractivity contribution is 5.89. The molecule has 15 heavy (non-hydrogen) atoms. The highest BCUT2D eigenvalue weighted by Crippen LogP contribution is 2.25. The number of hydrogen-bond acceptors (Lipinski definition) is 2. The second-order valence-electron chi connectivity index (χ2n) is 3.74. The molecule has 0 bridgehead atoms. The molecule has 0 radical (unpaired) electrons. The van der Waals surface area contributed by atoms with E-state index in [1.54, 1.807) is 18.2 Å². The molecule has 1 aromatic carbocycles. The highest BCUT2D eigenvalue weighted by Gasteiger charge is 2.26. The first kappa shape index (κ1) is 11.3. The molecule has 0 aromatic heterocycles. The minimum atomic E-state index is -0.607. The number of rotatable bonds is 2. The van der Waals surface area contributed by atoms with Crippen LogP contribution in [-0.2, 0) is 10.3 Å². The van der Waals surface area contributed by atoms with Crippen molar-refractivity contribution in [2.24, 2.45) is 0 Å². The number of carbonyl (C=O) groups excluding carboxylic acids is 1. The van der Waals surface area contributed by atoms with Crippen LogP contribution in [0, 0.1) is 6.57 Å². The molecule has 1 aromatic rings. The van der Waals surface area contributed by atoms with Crippen LogP contribution in [0.25, 0.3) is 4.85 Å². The molecule has 0 saturated carbocycles. The Morgan fingerprint density at radius 3 is 2.67 bits per heavy atom. The Morgan fingerprint density at radius 2 is 2.13 bits per heavy atom. The maximum absolute atomic E-state index is 11.3. The van der Waals surface area contributed by atoms with Crippen molar-refractivity contribution >= 4 is 5.97 Å². The summed E-state index contributed by atoms with van der Waals surface area (Å²) in [5.41, 5.74) is 0.691. The first-order valence-electron chi connectivity index (χ1n) is 4.59. The molecule has 0 amide bonds. The van der Waals surface area contributed by atoms with Gasteiger partial charge in [-0.3, -0.25) is 0 Å². The fraction of sp³-hybridized carbons (Fsp3) is 0.333. The Labute approximate surface area is 89.5 Å². The number of carbonyl (C=O) groups is 1. The van der Waals surface area contributed by atoms with E-state index in [0.29, 0.717) is 5.56 Å². The fourth-order valence-corrected chi connectivity index (χ4v) is 1.21. The van der Waals surface area contributed by atoms with Crippen molar-refractivity contribution < 1.29 is 9.53 Å². The van der Waals surface area contributed by atoms with E-state index < -0.39 is 5.54 Å². The number of benzene rings is 1. The van der Waals surface area contributed by atoms with Crippen LogP contribution in [0.15, 0.2) is 24.3 Å². The molecule has 0 aliphatic carbocycles. The number of hydrogen-bond donors (Lipinski definition) is 0. The van der Waals surface area contributed by atoms with E-state index in [4.69, 9.17) is 6.57 Å². The SMILES string of the molecule is [C-]#[N+]C(C)(C)c1cccc(C(=O)OC)c1. The third-order valence-electron chi connectivity index (χ3n) is 2.27. The molecule has 0 aliphatic heterocycles. The van der Waals surface area contributed by atoms with E-state index in [9.17, 15) is 4.79 Å². The lowest BCUT2D eigenvalue weighted by molar-refractivity contribution is 0.0600. The molecule has 0 N–H and O–H groups in total. The average molecular weight is 203 g/mol. The zero-order valence-corrected chi connectivity index (χ0v) is 9.07. The quantitative estimate of drug-likeness (QED) is 0.546. The first-order valence-corrected chi connectivity index (χ1v) is 4.59. The van der Waals surface area contributed by atoms with Gasteiger partial charge >= 0.3 is 5.97 Å². The van der Waals surface area contributed by atoms with Crippen molar-refractivity contribution in [2.75, 3.05) is 7.11 Å². The van der Waals surface area contributed by atoms with Crippen LogP contribution in [0.3, 0.4) is 0 Å². The lowest BCUT2D eigenvalue weighted by atomic mass is 9.94. The summed E-state index contributed by atoms with van der Waals surface area (Å²) in [6.07, 6.45) is 0. The molecule has 0 unspecified atom stereocenters. The monoisotopic (exact) mass is 203 g/mol. The predicted octanol–water partition coefficient (Wildman–Crippen LogP) is 2.63. The van der Waals surface area contributed by atoms with Crippen molar-refractivity contribution in [2.45, 2.75) is 19.4 Å². The summed E-state index contributed by atoms with van der Waals surface area (Å²) in [7, 11) is 1.34. The molecule has 0 spiro atoms. The van der Waals surface area contributed by atoms with Gasteiger partial charge in [0, 0.05) is 19.4 Å². The number of nitrogens with zero attached hydrogens (tertiary/aromatic N) is 1.